The van der Waals surface area contributed by atoms with Gasteiger partial charge in [0.25, 0.3) is 0 Å². The molecule has 67 heavy (non-hydrogen) atoms. The fraction of sp³-hybridized carbons (Fsp3) is 0.208. The number of ketones is 2. The van der Waals surface area contributed by atoms with Crippen LogP contribution < -0.4 is 14.2 Å². The van der Waals surface area contributed by atoms with Crippen molar-refractivity contribution in [2.75, 3.05) is 0 Å². The molecule has 0 aliphatic heterocycles. The molecule has 0 atom stereocenters. The third kappa shape index (κ3) is 9.27. The normalized spacial score (nSPS) is 12.4. The van der Waals surface area contributed by atoms with Gasteiger partial charge < -0.3 is 14.2 Å². The number of alkyl halides is 6. The van der Waals surface area contributed by atoms with E-state index < -0.39 is 138 Å². The highest BCUT2D eigenvalue weighted by atomic mass is 19.4. The molecule has 0 aromatic heterocycles. The first-order valence-electron chi connectivity index (χ1n) is 19.5. The summed E-state index contributed by atoms with van der Waals surface area (Å²) < 4.78 is 224. The standard InChI is InChI=1S/C48H32F14O5/c1-22(2)31-34(49)36(51)32(37(52)35(31)50)42(63)23-6-14-27(15-7-23)65-28-16-8-24(9-17-28)43(64)33-38(53)40(55)44(41(56)39(33)54)66-29-18-10-25(11-19-29)46(47(57,58)59,48(60,61)62)26-12-20-30(21-13-26)67-45(3,4)5/h6-22H,1-5H3. The Bertz CT molecular complexity index is 2770. The first-order chi connectivity index (χ1) is 31.1. The van der Waals surface area contributed by atoms with Gasteiger partial charge in [-0.05, 0) is 111 Å². The van der Waals surface area contributed by atoms with E-state index in [1.165, 1.54) is 13.8 Å². The van der Waals surface area contributed by atoms with Crippen molar-refractivity contribution in [3.05, 3.63) is 183 Å². The molecule has 19 heteroatoms. The van der Waals surface area contributed by atoms with E-state index in [1.54, 1.807) is 20.8 Å². The van der Waals surface area contributed by atoms with Crippen LogP contribution in [0.1, 0.15) is 89.1 Å². The Morgan fingerprint density at radius 1 is 0.433 bits per heavy atom. The lowest BCUT2D eigenvalue weighted by atomic mass is 9.73. The van der Waals surface area contributed by atoms with Crippen molar-refractivity contribution in [3.63, 3.8) is 0 Å². The highest BCUT2D eigenvalue weighted by molar-refractivity contribution is 6.10. The van der Waals surface area contributed by atoms with Gasteiger partial charge in [-0.2, -0.15) is 35.1 Å². The second kappa shape index (κ2) is 18.0. The molecule has 0 bridgehead atoms. The average Bonchev–Trinajstić information content (AvgIpc) is 3.24. The predicted octanol–water partition coefficient (Wildman–Crippen LogP) is 14.6. The maximum Gasteiger partial charge on any atom is 0.411 e. The van der Waals surface area contributed by atoms with Gasteiger partial charge in [-0.15, -0.1) is 0 Å². The molecule has 0 unspecified atom stereocenters. The quantitative estimate of drug-likeness (QED) is 0.0695. The zero-order chi connectivity index (χ0) is 49.7. The molecule has 0 saturated heterocycles. The van der Waals surface area contributed by atoms with Crippen molar-refractivity contribution in [1.82, 2.24) is 0 Å². The van der Waals surface area contributed by atoms with E-state index in [1.807, 2.05) is 0 Å². The van der Waals surface area contributed by atoms with Crippen molar-refractivity contribution in [1.29, 1.82) is 0 Å². The molecular formula is C48H32F14O5. The van der Waals surface area contributed by atoms with Crippen LogP contribution in [0.5, 0.6) is 28.7 Å². The monoisotopic (exact) mass is 954 g/mol. The first kappa shape index (κ1) is 49.5. The maximum absolute atomic E-state index is 15.4. The smallest absolute Gasteiger partial charge is 0.411 e. The van der Waals surface area contributed by atoms with Crippen LogP contribution in [0.15, 0.2) is 97.1 Å². The summed E-state index contributed by atoms with van der Waals surface area (Å²) in [6, 6.07) is 12.7. The highest BCUT2D eigenvalue weighted by Crippen LogP contribution is 2.56. The molecule has 6 aromatic rings. The molecule has 0 heterocycles. The fourth-order valence-electron chi connectivity index (χ4n) is 7.03. The summed E-state index contributed by atoms with van der Waals surface area (Å²) in [6.07, 6.45) is -12.1. The van der Waals surface area contributed by atoms with Crippen molar-refractivity contribution in [2.45, 2.75) is 63.9 Å². The second-order valence-electron chi connectivity index (χ2n) is 16.1. The van der Waals surface area contributed by atoms with Crippen LogP contribution in [0.3, 0.4) is 0 Å². The number of carbonyl (C=O) groups is 2. The van der Waals surface area contributed by atoms with E-state index in [2.05, 4.69) is 0 Å². The Kier molecular flexibility index (Phi) is 13.3. The molecule has 0 radical (unpaired) electrons. The van der Waals surface area contributed by atoms with E-state index in [0.29, 0.717) is 36.4 Å². The number of hydrogen-bond acceptors (Lipinski definition) is 5. The van der Waals surface area contributed by atoms with E-state index in [0.717, 1.165) is 60.7 Å². The van der Waals surface area contributed by atoms with E-state index in [-0.39, 0.29) is 17.2 Å². The predicted molar refractivity (Wildman–Crippen MR) is 213 cm³/mol. The third-order valence-corrected chi connectivity index (χ3v) is 10.1. The molecule has 6 rings (SSSR count). The summed E-state index contributed by atoms with van der Waals surface area (Å²) in [4.78, 5) is 26.0. The number of benzene rings is 6. The zero-order valence-electron chi connectivity index (χ0n) is 35.1. The van der Waals surface area contributed by atoms with Gasteiger partial charge in [0.1, 0.15) is 39.7 Å². The van der Waals surface area contributed by atoms with Crippen LogP contribution in [-0.2, 0) is 5.41 Å². The Hall–Kier alpha value is -6.92. The summed E-state index contributed by atoms with van der Waals surface area (Å²) in [5.41, 5.74) is -13.3. The van der Waals surface area contributed by atoms with Gasteiger partial charge in [-0.3, -0.25) is 9.59 Å². The number of carbonyl (C=O) groups excluding carboxylic acids is 2. The molecule has 0 aliphatic rings. The Morgan fingerprint density at radius 3 is 1.07 bits per heavy atom. The number of halogens is 14. The molecule has 0 fully saturated rings. The van der Waals surface area contributed by atoms with Gasteiger partial charge >= 0.3 is 12.4 Å². The molecule has 0 aliphatic carbocycles. The lowest BCUT2D eigenvalue weighted by Gasteiger charge is -2.38. The Balaban J connectivity index is 1.21. The minimum absolute atomic E-state index is 0.0381. The highest BCUT2D eigenvalue weighted by Gasteiger charge is 2.72. The number of rotatable bonds is 12. The van der Waals surface area contributed by atoms with Gasteiger partial charge in [0, 0.05) is 16.7 Å². The fourth-order valence-corrected chi connectivity index (χ4v) is 7.03. The molecular weight excluding hydrogens is 922 g/mol. The van der Waals surface area contributed by atoms with Crippen molar-refractivity contribution >= 4 is 11.6 Å². The average molecular weight is 955 g/mol. The summed E-state index contributed by atoms with van der Waals surface area (Å²) in [5, 5.41) is 0. The van der Waals surface area contributed by atoms with Gasteiger partial charge in [-0.1, -0.05) is 38.1 Å². The molecule has 352 valence electrons. The van der Waals surface area contributed by atoms with Crippen molar-refractivity contribution in [3.8, 4) is 28.7 Å². The second-order valence-corrected chi connectivity index (χ2v) is 16.1. The summed E-state index contributed by atoms with van der Waals surface area (Å²) in [6.45, 7) is 7.37. The molecule has 5 nitrogen and oxygen atoms in total. The first-order valence-corrected chi connectivity index (χ1v) is 19.5. The lowest BCUT2D eigenvalue weighted by Crippen LogP contribution is -2.54. The van der Waals surface area contributed by atoms with Crippen LogP contribution in [0, 0.1) is 46.5 Å². The summed E-state index contributed by atoms with van der Waals surface area (Å²) >= 11 is 0. The Morgan fingerprint density at radius 2 is 0.746 bits per heavy atom. The maximum atomic E-state index is 15.4. The van der Waals surface area contributed by atoms with Crippen LogP contribution >= 0.6 is 0 Å². The molecule has 0 spiro atoms. The van der Waals surface area contributed by atoms with Gasteiger partial charge in [0.2, 0.25) is 22.8 Å². The van der Waals surface area contributed by atoms with Crippen molar-refractivity contribution in [2.24, 2.45) is 0 Å². The van der Waals surface area contributed by atoms with Crippen LogP contribution in [0.2, 0.25) is 0 Å². The van der Waals surface area contributed by atoms with Gasteiger partial charge in [0.05, 0.1) is 0 Å². The number of hydrogen-bond donors (Lipinski definition) is 0. The Labute approximate surface area is 371 Å². The zero-order valence-corrected chi connectivity index (χ0v) is 35.1. The lowest BCUT2D eigenvalue weighted by molar-refractivity contribution is -0.288. The van der Waals surface area contributed by atoms with Crippen LogP contribution in [-0.4, -0.2) is 29.5 Å². The van der Waals surface area contributed by atoms with E-state index >= 15 is 17.6 Å². The largest absolute Gasteiger partial charge is 0.488 e. The van der Waals surface area contributed by atoms with Gasteiger partial charge in [0.15, 0.2) is 46.5 Å². The number of ether oxygens (including phenoxy) is 3. The minimum atomic E-state index is -6.03. The van der Waals surface area contributed by atoms with E-state index in [9.17, 15) is 53.5 Å². The van der Waals surface area contributed by atoms with Crippen LogP contribution in [0.4, 0.5) is 61.5 Å². The SMILES string of the molecule is CC(C)c1c(F)c(F)c(C(=O)c2ccc(Oc3ccc(C(=O)c4c(F)c(F)c(Oc5ccc(C(c6ccc(OC(C)(C)C)cc6)(C(F)(F)F)C(F)(F)F)cc5)c(F)c4F)cc3)cc2)c(F)c1F. The summed E-state index contributed by atoms with van der Waals surface area (Å²) in [5.74, 6) is -23.2. The molecule has 6 aromatic carbocycles. The molecule has 0 saturated carbocycles. The van der Waals surface area contributed by atoms with E-state index in [4.69, 9.17) is 14.2 Å². The summed E-state index contributed by atoms with van der Waals surface area (Å²) in [7, 11) is 0. The minimum Gasteiger partial charge on any atom is -0.488 e. The molecule has 0 amide bonds. The van der Waals surface area contributed by atoms with Crippen LogP contribution in [0.25, 0.3) is 0 Å². The molecule has 0 N–H and O–H groups in total. The third-order valence-electron chi connectivity index (χ3n) is 10.1. The topological polar surface area (TPSA) is 61.8 Å². The van der Waals surface area contributed by atoms with Crippen molar-refractivity contribution < 1.29 is 85.3 Å². The van der Waals surface area contributed by atoms with Gasteiger partial charge in [-0.25, -0.2) is 26.3 Å².